The highest BCUT2D eigenvalue weighted by atomic mass is 16.7. The molecule has 0 unspecified atom stereocenters. The van der Waals surface area contributed by atoms with Crippen molar-refractivity contribution in [3.63, 3.8) is 0 Å². The van der Waals surface area contributed by atoms with Crippen molar-refractivity contribution in [3.8, 4) is 0 Å². The van der Waals surface area contributed by atoms with Crippen LogP contribution >= 0.6 is 0 Å². The van der Waals surface area contributed by atoms with Gasteiger partial charge in [-0.3, -0.25) is 0 Å². The lowest BCUT2D eigenvalue weighted by atomic mass is 10.4. The molecule has 0 atom stereocenters. The molecule has 1 aliphatic rings. The number of nitrogens with two attached hydrogens (primary N) is 1. The van der Waals surface area contributed by atoms with Gasteiger partial charge in [-0.05, 0) is 13.8 Å². The van der Waals surface area contributed by atoms with E-state index in [0.29, 0.717) is 25.2 Å². The fourth-order valence-corrected chi connectivity index (χ4v) is 1.28. The van der Waals surface area contributed by atoms with Gasteiger partial charge in [0, 0.05) is 24.2 Å². The Balaban J connectivity index is 0.000000470. The minimum atomic E-state index is -0.922. The second-order valence-corrected chi connectivity index (χ2v) is 4.77. The monoisotopic (exact) mass is 342 g/mol. The molecule has 0 bridgehead atoms. The van der Waals surface area contributed by atoms with Gasteiger partial charge in [0.05, 0.1) is 6.54 Å². The molecule has 4 N–H and O–H groups in total. The number of hydrogen-bond donors (Lipinski definition) is 3. The second-order valence-electron chi connectivity index (χ2n) is 4.77. The van der Waals surface area contributed by atoms with Gasteiger partial charge in [0.1, 0.15) is 6.61 Å². The van der Waals surface area contributed by atoms with Crippen LogP contribution in [-0.2, 0) is 19.2 Å². The highest BCUT2D eigenvalue weighted by Crippen LogP contribution is 1.97. The minimum absolute atomic E-state index is 0.101. The Labute approximate surface area is 139 Å². The van der Waals surface area contributed by atoms with Crippen LogP contribution in [0.15, 0.2) is 24.3 Å². The Morgan fingerprint density at radius 1 is 1.25 bits per heavy atom. The summed E-state index contributed by atoms with van der Waals surface area (Å²) in [6, 6.07) is -1.02. The summed E-state index contributed by atoms with van der Waals surface area (Å²) in [4.78, 5) is 48.1. The molecule has 0 spiro atoms. The molecule has 24 heavy (non-hydrogen) atoms. The molecule has 1 fully saturated rings. The topological polar surface area (TPSA) is 140 Å². The Kier molecular flexibility index (Phi) is 9.30. The summed E-state index contributed by atoms with van der Waals surface area (Å²) in [5.41, 5.74) is 6.80. The number of urea groups is 2. The number of nitrogens with one attached hydrogen (secondary N) is 2. The quantitative estimate of drug-likeness (QED) is 0.360. The van der Waals surface area contributed by atoms with Crippen LogP contribution in [0.25, 0.3) is 0 Å². The number of primary amides is 1. The Hall–Kier alpha value is -3.04. The predicted octanol–water partition coefficient (Wildman–Crippen LogP) is -0.180. The lowest BCUT2D eigenvalue weighted by Crippen LogP contribution is -2.31. The number of carbonyl (C=O) groups is 4. The van der Waals surface area contributed by atoms with Crippen molar-refractivity contribution in [1.29, 1.82) is 0 Å². The number of esters is 1. The molecule has 0 saturated carbocycles. The van der Waals surface area contributed by atoms with Crippen molar-refractivity contribution in [2.75, 3.05) is 26.2 Å². The first-order chi connectivity index (χ1) is 11.1. The van der Waals surface area contributed by atoms with Crippen LogP contribution in [0.3, 0.4) is 0 Å². The van der Waals surface area contributed by atoms with Gasteiger partial charge < -0.3 is 25.5 Å². The van der Waals surface area contributed by atoms with Gasteiger partial charge in [-0.2, -0.15) is 5.48 Å². The summed E-state index contributed by atoms with van der Waals surface area (Å²) in [6.45, 7) is 11.7. The zero-order chi connectivity index (χ0) is 18.7. The average Bonchev–Trinajstić information content (AvgIpc) is 2.90. The van der Waals surface area contributed by atoms with Crippen molar-refractivity contribution in [1.82, 2.24) is 15.7 Å². The zero-order valence-corrected chi connectivity index (χ0v) is 13.7. The smallest absolute Gasteiger partial charge is 0.358 e. The summed E-state index contributed by atoms with van der Waals surface area (Å²) in [6.07, 6.45) is 0. The number of rotatable bonds is 5. The van der Waals surface area contributed by atoms with E-state index in [1.165, 1.54) is 6.92 Å². The third-order valence-electron chi connectivity index (χ3n) is 2.48. The number of hydrogen-bond acceptors (Lipinski definition) is 6. The van der Waals surface area contributed by atoms with Gasteiger partial charge >= 0.3 is 24.0 Å². The van der Waals surface area contributed by atoms with Crippen molar-refractivity contribution >= 4 is 24.0 Å². The number of nitrogens with zero attached hydrogens (tertiary/aromatic N) is 1. The van der Waals surface area contributed by atoms with E-state index in [1.54, 1.807) is 17.3 Å². The molecule has 1 heterocycles. The molecule has 0 aromatic carbocycles. The van der Waals surface area contributed by atoms with Gasteiger partial charge in [0.2, 0.25) is 0 Å². The van der Waals surface area contributed by atoms with Gasteiger partial charge in [-0.25, -0.2) is 19.2 Å². The molecule has 10 nitrogen and oxygen atoms in total. The van der Waals surface area contributed by atoms with E-state index in [1.807, 2.05) is 0 Å². The zero-order valence-electron chi connectivity index (χ0n) is 13.7. The Morgan fingerprint density at radius 2 is 1.83 bits per heavy atom. The van der Waals surface area contributed by atoms with Crippen molar-refractivity contribution in [2.24, 2.45) is 5.73 Å². The van der Waals surface area contributed by atoms with E-state index in [4.69, 9.17) is 4.74 Å². The number of carbonyl (C=O) groups excluding carboxylic acids is 4. The lowest BCUT2D eigenvalue weighted by Gasteiger charge is -2.13. The normalized spacial score (nSPS) is 12.2. The molecule has 10 heteroatoms. The van der Waals surface area contributed by atoms with Crippen LogP contribution in [0.1, 0.15) is 13.8 Å². The highest BCUT2D eigenvalue weighted by Gasteiger charge is 2.19. The molecule has 134 valence electrons. The fourth-order valence-electron chi connectivity index (χ4n) is 1.28. The molecule has 1 aliphatic heterocycles. The summed E-state index contributed by atoms with van der Waals surface area (Å²) in [5, 5.41) is 2.66. The van der Waals surface area contributed by atoms with Crippen molar-refractivity contribution in [2.45, 2.75) is 13.8 Å². The molecule has 1 rings (SSSR count). The standard InChI is InChI=1S/C9H14N2O3.C5H8N2O3/c1-7(2)8(12)14-6-5-11-4-3-10-9(11)13;1-3(2)4(8)10-7-5(6)9/h1,3-6H2,2H3,(H,10,13);1H2,2H3,(H3,6,7,9). The molecule has 0 aromatic heterocycles. The third kappa shape index (κ3) is 9.07. The summed E-state index contributed by atoms with van der Waals surface area (Å²) >= 11 is 0. The number of amides is 4. The maximum Gasteiger partial charge on any atom is 0.358 e. The SMILES string of the molecule is C=C(C)C(=O)OCCN1CCNC1=O.C=C(C)C(=O)ONC(N)=O. The lowest BCUT2D eigenvalue weighted by molar-refractivity contribution is -0.143. The third-order valence-corrected chi connectivity index (χ3v) is 2.48. The molecular weight excluding hydrogens is 320 g/mol. The van der Waals surface area contributed by atoms with Gasteiger partial charge in [-0.1, -0.05) is 13.2 Å². The summed E-state index contributed by atoms with van der Waals surface area (Å²) in [5.74, 6) is -1.12. The second kappa shape index (κ2) is 10.6. The van der Waals surface area contributed by atoms with Gasteiger partial charge in [0.25, 0.3) is 0 Å². The molecule has 1 saturated heterocycles. The molecule has 0 aliphatic carbocycles. The average molecular weight is 342 g/mol. The maximum atomic E-state index is 11.0. The molecule has 0 radical (unpaired) electrons. The first-order valence-corrected chi connectivity index (χ1v) is 6.92. The Morgan fingerprint density at radius 3 is 2.25 bits per heavy atom. The van der Waals surface area contributed by atoms with Crippen LogP contribution < -0.4 is 16.5 Å². The summed E-state index contributed by atoms with van der Waals surface area (Å²) < 4.78 is 4.85. The minimum Gasteiger partial charge on any atom is -0.460 e. The van der Waals surface area contributed by atoms with Crippen LogP contribution in [0.4, 0.5) is 9.59 Å². The van der Waals surface area contributed by atoms with Crippen LogP contribution in [-0.4, -0.2) is 55.1 Å². The van der Waals surface area contributed by atoms with E-state index in [0.717, 1.165) is 0 Å². The van der Waals surface area contributed by atoms with E-state index in [9.17, 15) is 19.2 Å². The predicted molar refractivity (Wildman–Crippen MR) is 84.4 cm³/mol. The van der Waals surface area contributed by atoms with E-state index in [-0.39, 0.29) is 18.2 Å². The fraction of sp³-hybridized carbons (Fsp3) is 0.429. The van der Waals surface area contributed by atoms with E-state index < -0.39 is 18.0 Å². The Bertz CT molecular complexity index is 531. The van der Waals surface area contributed by atoms with E-state index >= 15 is 0 Å². The van der Waals surface area contributed by atoms with E-state index in [2.05, 4.69) is 29.0 Å². The first kappa shape index (κ1) is 21.0. The van der Waals surface area contributed by atoms with Crippen molar-refractivity contribution < 1.29 is 28.8 Å². The van der Waals surface area contributed by atoms with Crippen LogP contribution in [0.2, 0.25) is 0 Å². The van der Waals surface area contributed by atoms with Crippen LogP contribution in [0.5, 0.6) is 0 Å². The van der Waals surface area contributed by atoms with Crippen LogP contribution in [0, 0.1) is 0 Å². The molecule has 0 aromatic rings. The number of hydroxylamine groups is 1. The maximum absolute atomic E-state index is 11.0. The first-order valence-electron chi connectivity index (χ1n) is 6.92. The summed E-state index contributed by atoms with van der Waals surface area (Å²) in [7, 11) is 0. The largest absolute Gasteiger partial charge is 0.460 e. The van der Waals surface area contributed by atoms with Gasteiger partial charge in [-0.15, -0.1) is 0 Å². The molecular formula is C14H22N4O6. The molecule has 4 amide bonds. The van der Waals surface area contributed by atoms with Crippen molar-refractivity contribution in [3.05, 3.63) is 24.3 Å². The number of ether oxygens (including phenoxy) is 1. The highest BCUT2D eigenvalue weighted by molar-refractivity contribution is 5.88. The van der Waals surface area contributed by atoms with Gasteiger partial charge in [0.15, 0.2) is 0 Å².